The molecule has 0 saturated heterocycles. The van der Waals surface area contributed by atoms with E-state index < -0.39 is 0 Å². The topological polar surface area (TPSA) is 82.0 Å². The Hall–Kier alpha value is -2.50. The summed E-state index contributed by atoms with van der Waals surface area (Å²) in [5, 5.41) is 8.03. The maximum Gasteiger partial charge on any atom is 0.255 e. The van der Waals surface area contributed by atoms with E-state index in [0.29, 0.717) is 17.4 Å². The number of anilines is 1. The lowest BCUT2D eigenvalue weighted by atomic mass is 10.2. The van der Waals surface area contributed by atoms with Gasteiger partial charge in [-0.15, -0.1) is 10.2 Å². The highest BCUT2D eigenvalue weighted by Crippen LogP contribution is 2.16. The molecule has 16 heavy (non-hydrogen) atoms. The second kappa shape index (κ2) is 3.27. The minimum Gasteiger partial charge on any atom is -0.384 e. The first kappa shape index (κ1) is 8.78. The number of rotatable bonds is 1. The van der Waals surface area contributed by atoms with Crippen molar-refractivity contribution in [2.75, 3.05) is 5.73 Å². The molecule has 0 aliphatic carbocycles. The molecule has 3 aromatic rings. The van der Waals surface area contributed by atoms with E-state index in [-0.39, 0.29) is 0 Å². The summed E-state index contributed by atoms with van der Waals surface area (Å²) < 4.78 is 1.80. The van der Waals surface area contributed by atoms with Gasteiger partial charge >= 0.3 is 0 Å². The van der Waals surface area contributed by atoms with Gasteiger partial charge in [0.15, 0.2) is 5.82 Å². The SMILES string of the molecule is Nc1ccc(-c2nnc3ncccn23)cn1. The van der Waals surface area contributed by atoms with Crippen molar-refractivity contribution in [3.05, 3.63) is 36.8 Å². The fourth-order valence-electron chi connectivity index (χ4n) is 1.48. The van der Waals surface area contributed by atoms with Crippen LogP contribution in [0, 0.1) is 0 Å². The van der Waals surface area contributed by atoms with Crippen molar-refractivity contribution in [2.45, 2.75) is 0 Å². The molecular weight excluding hydrogens is 204 g/mol. The first-order chi connectivity index (χ1) is 7.84. The Balaban J connectivity index is 2.22. The lowest BCUT2D eigenvalue weighted by Crippen LogP contribution is -1.93. The smallest absolute Gasteiger partial charge is 0.255 e. The van der Waals surface area contributed by atoms with E-state index in [9.17, 15) is 0 Å². The van der Waals surface area contributed by atoms with Gasteiger partial charge in [-0.3, -0.25) is 4.40 Å². The van der Waals surface area contributed by atoms with Gasteiger partial charge < -0.3 is 5.73 Å². The van der Waals surface area contributed by atoms with Crippen LogP contribution in [0.15, 0.2) is 36.8 Å². The summed E-state index contributed by atoms with van der Waals surface area (Å²) in [5.41, 5.74) is 6.38. The second-order valence-electron chi connectivity index (χ2n) is 3.29. The molecule has 0 aromatic carbocycles. The van der Waals surface area contributed by atoms with Crippen LogP contribution in [0.4, 0.5) is 5.82 Å². The third-order valence-electron chi connectivity index (χ3n) is 2.23. The fourth-order valence-corrected chi connectivity index (χ4v) is 1.48. The fraction of sp³-hybridized carbons (Fsp3) is 0. The molecule has 6 nitrogen and oxygen atoms in total. The molecule has 0 fully saturated rings. The molecule has 0 saturated carbocycles. The average Bonchev–Trinajstić information content (AvgIpc) is 2.74. The van der Waals surface area contributed by atoms with Crippen molar-refractivity contribution < 1.29 is 0 Å². The van der Waals surface area contributed by atoms with Crippen molar-refractivity contribution in [1.82, 2.24) is 24.6 Å². The highest BCUT2D eigenvalue weighted by Gasteiger charge is 2.07. The summed E-state index contributed by atoms with van der Waals surface area (Å²) in [6.45, 7) is 0. The Morgan fingerprint density at radius 2 is 2.06 bits per heavy atom. The van der Waals surface area contributed by atoms with Crippen molar-refractivity contribution in [3.63, 3.8) is 0 Å². The van der Waals surface area contributed by atoms with Gasteiger partial charge in [-0.25, -0.2) is 9.97 Å². The molecule has 0 unspecified atom stereocenters. The normalized spacial score (nSPS) is 10.8. The molecule has 78 valence electrons. The maximum atomic E-state index is 5.53. The number of pyridine rings is 1. The van der Waals surface area contributed by atoms with Crippen LogP contribution in [0.25, 0.3) is 17.2 Å². The summed E-state index contributed by atoms with van der Waals surface area (Å²) in [5.74, 6) is 1.75. The van der Waals surface area contributed by atoms with Crippen LogP contribution in [-0.2, 0) is 0 Å². The van der Waals surface area contributed by atoms with Gasteiger partial charge in [0.1, 0.15) is 5.82 Å². The van der Waals surface area contributed by atoms with Gasteiger partial charge in [-0.05, 0) is 18.2 Å². The Bertz CT molecular complexity index is 627. The predicted molar refractivity (Wildman–Crippen MR) is 58.4 cm³/mol. The largest absolute Gasteiger partial charge is 0.384 e. The van der Waals surface area contributed by atoms with E-state index in [1.54, 1.807) is 22.9 Å². The molecule has 0 radical (unpaired) electrons. The molecule has 0 aliphatic rings. The zero-order valence-corrected chi connectivity index (χ0v) is 8.28. The molecule has 0 aliphatic heterocycles. The Labute approximate surface area is 90.8 Å². The molecule has 0 amide bonds. The van der Waals surface area contributed by atoms with E-state index in [1.165, 1.54) is 0 Å². The average molecular weight is 212 g/mol. The molecule has 3 heterocycles. The maximum absolute atomic E-state index is 5.53. The monoisotopic (exact) mass is 212 g/mol. The highest BCUT2D eigenvalue weighted by atomic mass is 15.3. The van der Waals surface area contributed by atoms with Gasteiger partial charge in [-0.2, -0.15) is 0 Å². The molecule has 0 atom stereocenters. The number of nitrogens with two attached hydrogens (primary N) is 1. The minimum atomic E-state index is 0.482. The standard InChI is InChI=1S/C10H8N6/c11-8-3-2-7(6-13-8)9-14-15-10-12-4-1-5-16(9)10/h1-6H,(H2,11,13). The predicted octanol–water partition coefficient (Wildman–Crippen LogP) is 0.768. The first-order valence-electron chi connectivity index (χ1n) is 4.72. The summed E-state index contributed by atoms with van der Waals surface area (Å²) in [4.78, 5) is 8.11. The van der Waals surface area contributed by atoms with Crippen LogP contribution in [0.5, 0.6) is 0 Å². The zero-order chi connectivity index (χ0) is 11.0. The van der Waals surface area contributed by atoms with Gasteiger partial charge in [0, 0.05) is 24.2 Å². The molecule has 2 N–H and O–H groups in total. The van der Waals surface area contributed by atoms with E-state index in [4.69, 9.17) is 5.73 Å². The number of nitrogens with zero attached hydrogens (tertiary/aromatic N) is 5. The lowest BCUT2D eigenvalue weighted by Gasteiger charge is -1.98. The van der Waals surface area contributed by atoms with Crippen molar-refractivity contribution >= 4 is 11.6 Å². The summed E-state index contributed by atoms with van der Waals surface area (Å²) in [6, 6.07) is 5.41. The molecule has 0 spiro atoms. The third-order valence-corrected chi connectivity index (χ3v) is 2.23. The van der Waals surface area contributed by atoms with Gasteiger partial charge in [0.25, 0.3) is 5.78 Å². The molecule has 3 rings (SSSR count). The second-order valence-corrected chi connectivity index (χ2v) is 3.29. The number of hydrogen-bond donors (Lipinski definition) is 1. The number of hydrogen-bond acceptors (Lipinski definition) is 5. The number of aromatic nitrogens is 5. The van der Waals surface area contributed by atoms with Crippen molar-refractivity contribution in [3.8, 4) is 11.4 Å². The van der Waals surface area contributed by atoms with Crippen LogP contribution in [-0.4, -0.2) is 24.6 Å². The molecule has 3 aromatic heterocycles. The van der Waals surface area contributed by atoms with Crippen molar-refractivity contribution in [2.24, 2.45) is 0 Å². The van der Waals surface area contributed by atoms with Crippen molar-refractivity contribution in [1.29, 1.82) is 0 Å². The minimum absolute atomic E-state index is 0.482. The van der Waals surface area contributed by atoms with Gasteiger partial charge in [0.2, 0.25) is 0 Å². The molecule has 0 bridgehead atoms. The van der Waals surface area contributed by atoms with E-state index in [0.717, 1.165) is 5.56 Å². The van der Waals surface area contributed by atoms with Crippen LogP contribution >= 0.6 is 0 Å². The Morgan fingerprint density at radius 3 is 2.88 bits per heavy atom. The quantitative estimate of drug-likeness (QED) is 0.644. The van der Waals surface area contributed by atoms with E-state index >= 15 is 0 Å². The third kappa shape index (κ3) is 1.28. The van der Waals surface area contributed by atoms with E-state index in [2.05, 4.69) is 20.2 Å². The molecule has 6 heteroatoms. The zero-order valence-electron chi connectivity index (χ0n) is 8.28. The number of nitrogen functional groups attached to an aromatic ring is 1. The summed E-state index contributed by atoms with van der Waals surface area (Å²) >= 11 is 0. The van der Waals surface area contributed by atoms with Gasteiger partial charge in [-0.1, -0.05) is 0 Å². The summed E-state index contributed by atoms with van der Waals surface area (Å²) in [7, 11) is 0. The Morgan fingerprint density at radius 1 is 1.12 bits per heavy atom. The first-order valence-corrected chi connectivity index (χ1v) is 4.72. The summed E-state index contributed by atoms with van der Waals surface area (Å²) in [6.07, 6.45) is 5.20. The lowest BCUT2D eigenvalue weighted by molar-refractivity contribution is 1.10. The van der Waals surface area contributed by atoms with Crippen LogP contribution in [0.2, 0.25) is 0 Å². The highest BCUT2D eigenvalue weighted by molar-refractivity contribution is 5.58. The van der Waals surface area contributed by atoms with Crippen LogP contribution < -0.4 is 5.73 Å². The van der Waals surface area contributed by atoms with E-state index in [1.807, 2.05) is 18.3 Å². The number of fused-ring (bicyclic) bond motifs is 1. The Kier molecular flexibility index (Phi) is 1.79. The van der Waals surface area contributed by atoms with Crippen LogP contribution in [0.1, 0.15) is 0 Å². The molecular formula is C10H8N6. The van der Waals surface area contributed by atoms with Crippen LogP contribution in [0.3, 0.4) is 0 Å². The van der Waals surface area contributed by atoms with Gasteiger partial charge in [0.05, 0.1) is 0 Å².